The second-order valence-corrected chi connectivity index (χ2v) is 6.56. The Morgan fingerprint density at radius 2 is 2.19 bits per heavy atom. The van der Waals surface area contributed by atoms with Gasteiger partial charge < -0.3 is 4.90 Å². The summed E-state index contributed by atoms with van der Waals surface area (Å²) >= 11 is 1.89. The molecule has 3 rings (SSSR count). The van der Waals surface area contributed by atoms with Crippen LogP contribution in [0.1, 0.15) is 17.7 Å². The van der Waals surface area contributed by atoms with Gasteiger partial charge in [0.15, 0.2) is 0 Å². The number of rotatable bonds is 2. The topological polar surface area (TPSA) is 6.48 Å². The Morgan fingerprint density at radius 3 is 2.88 bits per heavy atom. The summed E-state index contributed by atoms with van der Waals surface area (Å²) < 4.78 is 0. The molecule has 1 atom stereocenters. The molecule has 88 valence electrons. The summed E-state index contributed by atoms with van der Waals surface area (Å²) in [5.74, 6) is 0. The summed E-state index contributed by atoms with van der Waals surface area (Å²) in [7, 11) is 2.26. The number of likely N-dealkylation sites (tertiary alicyclic amines) is 2. The molecule has 2 fully saturated rings. The molecule has 2 saturated heterocycles. The molecule has 0 N–H and O–H groups in total. The van der Waals surface area contributed by atoms with Crippen LogP contribution in [0.4, 0.5) is 0 Å². The highest BCUT2D eigenvalue weighted by Gasteiger charge is 2.42. The Bertz CT molecular complexity index is 349. The van der Waals surface area contributed by atoms with E-state index >= 15 is 0 Å². The first-order valence-corrected chi connectivity index (χ1v) is 7.07. The fourth-order valence-electron chi connectivity index (χ4n) is 3.28. The Balaban J connectivity index is 1.61. The summed E-state index contributed by atoms with van der Waals surface area (Å²) in [5.41, 5.74) is 0.631. The average Bonchev–Trinajstić information content (AvgIpc) is 2.93. The smallest absolute Gasteiger partial charge is 0.0328 e. The monoisotopic (exact) mass is 236 g/mol. The van der Waals surface area contributed by atoms with Crippen LogP contribution in [0.5, 0.6) is 0 Å². The first kappa shape index (κ1) is 10.8. The second kappa shape index (κ2) is 4.13. The molecular formula is C13H20N2S. The zero-order valence-corrected chi connectivity index (χ0v) is 10.8. The van der Waals surface area contributed by atoms with E-state index in [0.29, 0.717) is 5.41 Å². The third-order valence-electron chi connectivity index (χ3n) is 4.11. The predicted octanol–water partition coefficient (Wildman–Crippen LogP) is 2.28. The molecule has 2 aliphatic rings. The summed E-state index contributed by atoms with van der Waals surface area (Å²) in [6.07, 6.45) is 2.81. The fourth-order valence-corrected chi connectivity index (χ4v) is 4.02. The lowest BCUT2D eigenvalue weighted by Gasteiger charge is -2.23. The maximum Gasteiger partial charge on any atom is 0.0328 e. The molecule has 1 aromatic heterocycles. The first-order valence-electron chi connectivity index (χ1n) is 6.19. The van der Waals surface area contributed by atoms with E-state index in [4.69, 9.17) is 0 Å². The van der Waals surface area contributed by atoms with E-state index in [9.17, 15) is 0 Å². The minimum absolute atomic E-state index is 0.631. The van der Waals surface area contributed by atoms with Crippen LogP contribution in [0.25, 0.3) is 0 Å². The molecule has 16 heavy (non-hydrogen) atoms. The molecule has 0 amide bonds. The van der Waals surface area contributed by atoms with Crippen molar-refractivity contribution in [3.8, 4) is 0 Å². The van der Waals surface area contributed by atoms with Crippen molar-refractivity contribution < 1.29 is 0 Å². The molecule has 0 saturated carbocycles. The van der Waals surface area contributed by atoms with Crippen molar-refractivity contribution in [2.24, 2.45) is 5.41 Å². The van der Waals surface area contributed by atoms with Crippen LogP contribution < -0.4 is 0 Å². The molecule has 1 aromatic rings. The van der Waals surface area contributed by atoms with Gasteiger partial charge in [0.2, 0.25) is 0 Å². The van der Waals surface area contributed by atoms with E-state index in [1.54, 1.807) is 0 Å². The van der Waals surface area contributed by atoms with E-state index in [1.165, 1.54) is 50.4 Å². The van der Waals surface area contributed by atoms with Gasteiger partial charge in [-0.25, -0.2) is 0 Å². The highest BCUT2D eigenvalue weighted by Crippen LogP contribution is 2.39. The van der Waals surface area contributed by atoms with Gasteiger partial charge in [-0.1, -0.05) is 6.07 Å². The van der Waals surface area contributed by atoms with Crippen molar-refractivity contribution in [3.63, 3.8) is 0 Å². The average molecular weight is 236 g/mol. The van der Waals surface area contributed by atoms with Gasteiger partial charge >= 0.3 is 0 Å². The zero-order chi connectivity index (χ0) is 11.0. The van der Waals surface area contributed by atoms with E-state index in [1.807, 2.05) is 11.3 Å². The molecule has 1 spiro atoms. The maximum absolute atomic E-state index is 2.64. The van der Waals surface area contributed by atoms with Crippen molar-refractivity contribution >= 4 is 11.3 Å². The third-order valence-corrected chi connectivity index (χ3v) is 4.97. The van der Waals surface area contributed by atoms with Gasteiger partial charge in [-0.05, 0) is 49.8 Å². The quantitative estimate of drug-likeness (QED) is 0.777. The van der Waals surface area contributed by atoms with Gasteiger partial charge in [-0.15, -0.1) is 11.3 Å². The number of nitrogens with zero attached hydrogens (tertiary/aromatic N) is 2. The maximum atomic E-state index is 2.64. The van der Waals surface area contributed by atoms with Crippen LogP contribution in [0.2, 0.25) is 0 Å². The number of hydrogen-bond donors (Lipinski definition) is 0. The Labute approximate surface area is 102 Å². The van der Waals surface area contributed by atoms with Crippen molar-refractivity contribution in [2.75, 3.05) is 33.2 Å². The van der Waals surface area contributed by atoms with Gasteiger partial charge in [0.05, 0.1) is 0 Å². The molecule has 0 aromatic carbocycles. The van der Waals surface area contributed by atoms with Crippen LogP contribution in [-0.2, 0) is 6.54 Å². The van der Waals surface area contributed by atoms with Crippen molar-refractivity contribution in [2.45, 2.75) is 19.4 Å². The van der Waals surface area contributed by atoms with E-state index in [0.717, 1.165) is 0 Å². The van der Waals surface area contributed by atoms with Gasteiger partial charge in [-0.3, -0.25) is 4.90 Å². The standard InChI is InChI=1S/C13H20N2S/c1-14-6-4-13(10-14)5-7-15(11-13)9-12-3-2-8-16-12/h2-3,8H,4-7,9-11H2,1H3/t13-/m0/s1. The Hall–Kier alpha value is -0.380. The minimum atomic E-state index is 0.631. The highest BCUT2D eigenvalue weighted by atomic mass is 32.1. The molecule has 2 aliphatic heterocycles. The number of thiophene rings is 1. The lowest BCUT2D eigenvalue weighted by atomic mass is 9.86. The molecule has 3 heterocycles. The van der Waals surface area contributed by atoms with Gasteiger partial charge in [0.1, 0.15) is 0 Å². The predicted molar refractivity (Wildman–Crippen MR) is 68.8 cm³/mol. The van der Waals surface area contributed by atoms with E-state index in [2.05, 4.69) is 34.4 Å². The molecule has 2 nitrogen and oxygen atoms in total. The third kappa shape index (κ3) is 2.04. The largest absolute Gasteiger partial charge is 0.306 e. The lowest BCUT2D eigenvalue weighted by molar-refractivity contribution is 0.252. The molecule has 0 aliphatic carbocycles. The van der Waals surface area contributed by atoms with Crippen molar-refractivity contribution in [3.05, 3.63) is 22.4 Å². The summed E-state index contributed by atoms with van der Waals surface area (Å²) in [5, 5.41) is 2.19. The SMILES string of the molecule is CN1CC[C@]2(CCN(Cc3cccs3)C2)C1. The van der Waals surface area contributed by atoms with Gasteiger partial charge in [0.25, 0.3) is 0 Å². The van der Waals surface area contributed by atoms with Gasteiger partial charge in [0, 0.05) is 24.5 Å². The zero-order valence-electron chi connectivity index (χ0n) is 9.98. The van der Waals surface area contributed by atoms with E-state index in [-0.39, 0.29) is 0 Å². The van der Waals surface area contributed by atoms with Gasteiger partial charge in [-0.2, -0.15) is 0 Å². The molecule has 0 bridgehead atoms. The highest BCUT2D eigenvalue weighted by molar-refractivity contribution is 7.09. The molecule has 0 radical (unpaired) electrons. The Kier molecular flexibility index (Phi) is 2.78. The van der Waals surface area contributed by atoms with Crippen LogP contribution in [-0.4, -0.2) is 43.0 Å². The van der Waals surface area contributed by atoms with E-state index < -0.39 is 0 Å². The minimum Gasteiger partial charge on any atom is -0.306 e. The normalized spacial score (nSPS) is 31.8. The summed E-state index contributed by atoms with van der Waals surface area (Å²) in [6.45, 7) is 6.39. The second-order valence-electron chi connectivity index (χ2n) is 5.53. The Morgan fingerprint density at radius 1 is 1.31 bits per heavy atom. The van der Waals surface area contributed by atoms with Crippen molar-refractivity contribution in [1.82, 2.24) is 9.80 Å². The van der Waals surface area contributed by atoms with Crippen LogP contribution in [0, 0.1) is 5.41 Å². The number of hydrogen-bond acceptors (Lipinski definition) is 3. The first-order chi connectivity index (χ1) is 7.76. The lowest BCUT2D eigenvalue weighted by Crippen LogP contribution is -2.29. The molecule has 0 unspecified atom stereocenters. The summed E-state index contributed by atoms with van der Waals surface area (Å²) in [4.78, 5) is 6.66. The molecule has 3 heteroatoms. The van der Waals surface area contributed by atoms with Crippen LogP contribution >= 0.6 is 11.3 Å². The van der Waals surface area contributed by atoms with Crippen LogP contribution in [0.15, 0.2) is 17.5 Å². The fraction of sp³-hybridized carbons (Fsp3) is 0.692. The molecular weight excluding hydrogens is 216 g/mol. The van der Waals surface area contributed by atoms with Crippen molar-refractivity contribution in [1.29, 1.82) is 0 Å². The summed E-state index contributed by atoms with van der Waals surface area (Å²) in [6, 6.07) is 4.42. The van der Waals surface area contributed by atoms with Crippen LogP contribution in [0.3, 0.4) is 0 Å².